The lowest BCUT2D eigenvalue weighted by atomic mass is 10.2. The van der Waals surface area contributed by atoms with E-state index in [9.17, 15) is 9.59 Å². The topological polar surface area (TPSA) is 68.2 Å². The molecule has 0 aliphatic heterocycles. The van der Waals surface area contributed by atoms with Crippen LogP contribution in [-0.2, 0) is 14.4 Å². The van der Waals surface area contributed by atoms with Gasteiger partial charge in [0.15, 0.2) is 0 Å². The zero-order valence-electron chi connectivity index (χ0n) is 10.6. The highest BCUT2D eigenvalue weighted by molar-refractivity contribution is 8.03. The highest BCUT2D eigenvalue weighted by Gasteiger charge is 2.27. The lowest BCUT2D eigenvalue weighted by Gasteiger charge is -2.19. The van der Waals surface area contributed by atoms with Crippen molar-refractivity contribution in [3.8, 4) is 0 Å². The Morgan fingerprint density at radius 1 is 1.32 bits per heavy atom. The van der Waals surface area contributed by atoms with Gasteiger partial charge in [-0.2, -0.15) is 0 Å². The number of esters is 1. The number of amides is 1. The third kappa shape index (κ3) is 10.1. The summed E-state index contributed by atoms with van der Waals surface area (Å²) in [6.45, 7) is 4.41. The normalized spacial score (nSPS) is 12.4. The van der Waals surface area contributed by atoms with Crippen molar-refractivity contribution in [3.63, 3.8) is 0 Å². The van der Waals surface area contributed by atoms with Crippen LogP contribution in [0.15, 0.2) is 5.16 Å². The van der Waals surface area contributed by atoms with Crippen LogP contribution in [0.3, 0.4) is 0 Å². The van der Waals surface area contributed by atoms with Crippen molar-refractivity contribution in [2.75, 3.05) is 7.05 Å². The maximum atomic E-state index is 11.4. The van der Waals surface area contributed by atoms with E-state index < -0.39 is 20.8 Å². The Kier molecular flexibility index (Phi) is 7.28. The summed E-state index contributed by atoms with van der Waals surface area (Å²) in [5.74, 6) is -0.480. The van der Waals surface area contributed by atoms with Crippen molar-refractivity contribution in [3.05, 3.63) is 0 Å². The lowest BCUT2D eigenvalue weighted by Crippen LogP contribution is -2.29. The second kappa shape index (κ2) is 7.42. The third-order valence-corrected chi connectivity index (χ3v) is 2.65. The third-order valence-electron chi connectivity index (χ3n) is 1.40. The van der Waals surface area contributed by atoms with Crippen LogP contribution in [0.5, 0.6) is 0 Å². The van der Waals surface area contributed by atoms with Crippen LogP contribution in [0, 0.1) is 0 Å². The van der Waals surface area contributed by atoms with E-state index in [2.05, 4.69) is 9.99 Å². The molecule has 1 amide bonds. The van der Waals surface area contributed by atoms with Gasteiger partial charge in [-0.3, -0.25) is 9.63 Å². The van der Waals surface area contributed by atoms with Gasteiger partial charge in [0.25, 0.3) is 3.12 Å². The van der Waals surface area contributed by atoms with Gasteiger partial charge in [0.05, 0.1) is 6.21 Å². The maximum absolute atomic E-state index is 11.4. The summed E-state index contributed by atoms with van der Waals surface area (Å²) in [7, 11) is 1.35. The van der Waals surface area contributed by atoms with Crippen molar-refractivity contribution in [2.24, 2.45) is 5.16 Å². The number of halogens is 3. The van der Waals surface area contributed by atoms with E-state index in [4.69, 9.17) is 39.5 Å². The smallest absolute Gasteiger partial charge is 0.445 e. The zero-order chi connectivity index (χ0) is 15.3. The SMILES string of the molecule is CC(=O)OC(C)(C)C=NOC(=O)N(C)SC(Cl)(Cl)Cl. The molecule has 0 heterocycles. The molecule has 110 valence electrons. The molecular weight excluding hydrogens is 339 g/mol. The minimum atomic E-state index is -1.69. The summed E-state index contributed by atoms with van der Waals surface area (Å²) in [6, 6.07) is 0. The lowest BCUT2D eigenvalue weighted by molar-refractivity contribution is -0.147. The summed E-state index contributed by atoms with van der Waals surface area (Å²) in [4.78, 5) is 26.7. The van der Waals surface area contributed by atoms with Crippen LogP contribution >= 0.6 is 46.8 Å². The van der Waals surface area contributed by atoms with Crippen LogP contribution in [0.4, 0.5) is 4.79 Å². The number of alkyl halides is 3. The van der Waals surface area contributed by atoms with E-state index in [-0.39, 0.29) is 0 Å². The molecule has 0 radical (unpaired) electrons. The van der Waals surface area contributed by atoms with E-state index in [0.717, 1.165) is 4.31 Å². The Balaban J connectivity index is 4.33. The Hall–Kier alpha value is -0.370. The van der Waals surface area contributed by atoms with E-state index in [1.165, 1.54) is 20.2 Å². The molecule has 0 saturated carbocycles. The molecule has 6 nitrogen and oxygen atoms in total. The van der Waals surface area contributed by atoms with Gasteiger partial charge in [-0.25, -0.2) is 9.10 Å². The first kappa shape index (κ1) is 18.6. The molecule has 0 aliphatic carbocycles. The van der Waals surface area contributed by atoms with Crippen molar-refractivity contribution >= 4 is 65.0 Å². The Bertz CT molecular complexity index is 371. The van der Waals surface area contributed by atoms with E-state index in [1.807, 2.05) is 0 Å². The number of hydrogen-bond acceptors (Lipinski definition) is 6. The minimum absolute atomic E-state index is 0.480. The van der Waals surface area contributed by atoms with Crippen LogP contribution in [-0.4, -0.2) is 38.4 Å². The number of carbonyl (C=O) groups is 2. The van der Waals surface area contributed by atoms with E-state index in [0.29, 0.717) is 11.9 Å². The standard InChI is InChI=1S/C9H13Cl3N2O4S/c1-6(15)17-8(2,3)5-13-18-7(16)14(4)19-9(10,11)12/h5H,1-4H3. The second-order valence-corrected chi connectivity index (χ2v) is 8.12. The fourth-order valence-electron chi connectivity index (χ4n) is 0.845. The fourth-order valence-corrected chi connectivity index (χ4v) is 2.20. The number of nitrogens with zero attached hydrogens (tertiary/aromatic N) is 2. The van der Waals surface area contributed by atoms with Crippen molar-refractivity contribution in [1.82, 2.24) is 4.31 Å². The Morgan fingerprint density at radius 2 is 1.84 bits per heavy atom. The first-order valence-electron chi connectivity index (χ1n) is 4.87. The van der Waals surface area contributed by atoms with Gasteiger partial charge in [-0.05, 0) is 13.8 Å². The van der Waals surface area contributed by atoms with Crippen molar-refractivity contribution in [2.45, 2.75) is 29.5 Å². The molecule has 0 spiro atoms. The van der Waals surface area contributed by atoms with Crippen LogP contribution in [0.25, 0.3) is 0 Å². The molecule has 0 N–H and O–H groups in total. The number of carbonyl (C=O) groups excluding carboxylic acids is 2. The molecular formula is C9H13Cl3N2O4S. The number of ether oxygens (including phenoxy) is 1. The average Bonchev–Trinajstić information content (AvgIpc) is 2.11. The molecule has 0 fully saturated rings. The van der Waals surface area contributed by atoms with Crippen LogP contribution < -0.4 is 0 Å². The second-order valence-electron chi connectivity index (χ2n) is 3.82. The highest BCUT2D eigenvalue weighted by atomic mass is 35.6. The van der Waals surface area contributed by atoms with Gasteiger partial charge in [-0.1, -0.05) is 40.0 Å². The molecule has 0 saturated heterocycles. The van der Waals surface area contributed by atoms with Crippen molar-refractivity contribution < 1.29 is 19.2 Å². The molecule has 0 aromatic rings. The highest BCUT2D eigenvalue weighted by Crippen LogP contribution is 2.40. The quantitative estimate of drug-likeness (QED) is 0.194. The van der Waals surface area contributed by atoms with Gasteiger partial charge in [0.1, 0.15) is 5.60 Å². The summed E-state index contributed by atoms with van der Waals surface area (Å²) in [5.41, 5.74) is -0.993. The van der Waals surface area contributed by atoms with Gasteiger partial charge >= 0.3 is 12.1 Å². The summed E-state index contributed by atoms with van der Waals surface area (Å²) in [6.07, 6.45) is 0.325. The summed E-state index contributed by atoms with van der Waals surface area (Å²) < 4.78 is 4.17. The van der Waals surface area contributed by atoms with E-state index in [1.54, 1.807) is 13.8 Å². The molecule has 0 bridgehead atoms. The molecule has 0 aromatic carbocycles. The number of rotatable bonds is 4. The molecule has 19 heavy (non-hydrogen) atoms. The van der Waals surface area contributed by atoms with Gasteiger partial charge in [-0.15, -0.1) is 0 Å². The number of hydrogen-bond donors (Lipinski definition) is 0. The van der Waals surface area contributed by atoms with Gasteiger partial charge in [0, 0.05) is 25.9 Å². The molecule has 0 unspecified atom stereocenters. The summed E-state index contributed by atoms with van der Waals surface area (Å²) in [5, 5.41) is 3.41. The maximum Gasteiger partial charge on any atom is 0.445 e. The monoisotopic (exact) mass is 350 g/mol. The minimum Gasteiger partial charge on any atom is -0.454 e. The Labute approximate surface area is 130 Å². The average molecular weight is 352 g/mol. The van der Waals surface area contributed by atoms with Crippen molar-refractivity contribution in [1.29, 1.82) is 0 Å². The van der Waals surface area contributed by atoms with Crippen LogP contribution in [0.2, 0.25) is 0 Å². The zero-order valence-corrected chi connectivity index (χ0v) is 13.7. The molecule has 0 atom stereocenters. The number of oxime groups is 1. The fraction of sp³-hybridized carbons (Fsp3) is 0.667. The molecule has 0 rings (SSSR count). The first-order chi connectivity index (χ1) is 8.43. The largest absolute Gasteiger partial charge is 0.454 e. The molecule has 0 aromatic heterocycles. The van der Waals surface area contributed by atoms with Gasteiger partial charge < -0.3 is 4.74 Å². The predicted octanol–water partition coefficient (Wildman–Crippen LogP) is 3.36. The van der Waals surface area contributed by atoms with Crippen LogP contribution in [0.1, 0.15) is 20.8 Å². The molecule has 0 aliphatic rings. The molecule has 10 heteroatoms. The first-order valence-corrected chi connectivity index (χ1v) is 6.78. The van der Waals surface area contributed by atoms with E-state index >= 15 is 0 Å². The predicted molar refractivity (Wildman–Crippen MR) is 76.5 cm³/mol. The Morgan fingerprint density at radius 3 is 2.26 bits per heavy atom. The van der Waals surface area contributed by atoms with Gasteiger partial charge in [0.2, 0.25) is 0 Å². The summed E-state index contributed by atoms with van der Waals surface area (Å²) >= 11 is 17.1.